The minimum absolute atomic E-state index is 0.0279. The second kappa shape index (κ2) is 8.37. The highest BCUT2D eigenvalue weighted by atomic mass is 79.9. The summed E-state index contributed by atoms with van der Waals surface area (Å²) in [5.41, 5.74) is -0.233. The Bertz CT molecular complexity index is 445. The molecule has 1 aromatic carbocycles. The normalized spacial score (nSPS) is 10.5. The number of halogens is 2. The van der Waals surface area contributed by atoms with Crippen LogP contribution in [0.5, 0.6) is 5.75 Å². The van der Waals surface area contributed by atoms with Gasteiger partial charge in [0.2, 0.25) is 0 Å². The molecule has 0 aliphatic carbocycles. The van der Waals surface area contributed by atoms with E-state index in [-0.39, 0.29) is 15.9 Å². The van der Waals surface area contributed by atoms with Crippen molar-refractivity contribution in [2.75, 3.05) is 12.4 Å². The van der Waals surface area contributed by atoms with Crippen LogP contribution in [0.1, 0.15) is 25.7 Å². The molecular formula is C12H15BrFNO3S. The van der Waals surface area contributed by atoms with Gasteiger partial charge in [0.05, 0.1) is 16.0 Å². The first kappa shape index (κ1) is 16.2. The number of nitro benzene ring substituents is 1. The molecule has 0 spiro atoms. The molecule has 1 rings (SSSR count). The summed E-state index contributed by atoms with van der Waals surface area (Å²) in [4.78, 5) is 10.3. The van der Waals surface area contributed by atoms with Gasteiger partial charge in [-0.15, -0.1) is 0 Å². The van der Waals surface area contributed by atoms with E-state index >= 15 is 0 Å². The highest BCUT2D eigenvalue weighted by Gasteiger charge is 2.18. The van der Waals surface area contributed by atoms with Gasteiger partial charge in [-0.1, -0.05) is 12.8 Å². The van der Waals surface area contributed by atoms with Crippen LogP contribution >= 0.6 is 28.6 Å². The monoisotopic (exact) mass is 351 g/mol. The summed E-state index contributed by atoms with van der Waals surface area (Å²) in [7, 11) is 0. The standard InChI is InChI=1S/C12H15BrFNO3S/c13-9-7-11(15(16)17)12(8-10(9)14)18-5-3-1-2-4-6-19/h7-8,19H,1-6H2. The average molecular weight is 352 g/mol. The SMILES string of the molecule is O=[N+]([O-])c1cc(Br)c(F)cc1OCCCCCCS. The Kier molecular flexibility index (Phi) is 7.15. The van der Waals surface area contributed by atoms with Gasteiger partial charge < -0.3 is 4.74 Å². The van der Waals surface area contributed by atoms with Crippen LogP contribution < -0.4 is 4.74 Å². The molecule has 106 valence electrons. The molecule has 1 aromatic rings. The molecule has 7 heteroatoms. The maximum atomic E-state index is 13.3. The summed E-state index contributed by atoms with van der Waals surface area (Å²) < 4.78 is 18.7. The summed E-state index contributed by atoms with van der Waals surface area (Å²) >= 11 is 7.02. The minimum atomic E-state index is -0.583. The molecule has 4 nitrogen and oxygen atoms in total. The maximum absolute atomic E-state index is 13.3. The molecule has 19 heavy (non-hydrogen) atoms. The van der Waals surface area contributed by atoms with E-state index < -0.39 is 10.7 Å². The van der Waals surface area contributed by atoms with Crippen molar-refractivity contribution < 1.29 is 14.1 Å². The summed E-state index contributed by atoms with van der Waals surface area (Å²) in [6.45, 7) is 0.342. The van der Waals surface area contributed by atoms with Crippen LogP contribution in [-0.4, -0.2) is 17.3 Å². The predicted molar refractivity (Wildman–Crippen MR) is 78.6 cm³/mol. The van der Waals surface area contributed by atoms with Crippen LogP contribution in [0.3, 0.4) is 0 Å². The predicted octanol–water partition coefficient (Wildman–Crippen LogP) is 4.37. The van der Waals surface area contributed by atoms with Gasteiger partial charge in [0.25, 0.3) is 0 Å². The highest BCUT2D eigenvalue weighted by Crippen LogP contribution is 2.32. The lowest BCUT2D eigenvalue weighted by atomic mass is 10.2. The van der Waals surface area contributed by atoms with Gasteiger partial charge in [-0.2, -0.15) is 12.6 Å². The van der Waals surface area contributed by atoms with Crippen LogP contribution in [0.25, 0.3) is 0 Å². The summed E-state index contributed by atoms with van der Waals surface area (Å²) in [5, 5.41) is 10.8. The first-order valence-electron chi connectivity index (χ1n) is 5.93. The zero-order valence-corrected chi connectivity index (χ0v) is 12.8. The summed E-state index contributed by atoms with van der Waals surface area (Å²) in [5.74, 6) is 0.250. The topological polar surface area (TPSA) is 52.4 Å². The number of ether oxygens (including phenoxy) is 1. The Morgan fingerprint density at radius 1 is 1.32 bits per heavy atom. The second-order valence-electron chi connectivity index (χ2n) is 3.98. The van der Waals surface area contributed by atoms with E-state index in [0.29, 0.717) is 6.61 Å². The van der Waals surface area contributed by atoms with Crippen LogP contribution in [-0.2, 0) is 0 Å². The van der Waals surface area contributed by atoms with E-state index in [9.17, 15) is 14.5 Å². The number of hydrogen-bond donors (Lipinski definition) is 1. The molecule has 0 radical (unpaired) electrons. The van der Waals surface area contributed by atoms with Gasteiger partial charge in [-0.3, -0.25) is 10.1 Å². The minimum Gasteiger partial charge on any atom is -0.487 e. The van der Waals surface area contributed by atoms with Crippen molar-refractivity contribution in [3.05, 3.63) is 32.5 Å². The summed E-state index contributed by atoms with van der Waals surface area (Å²) in [6, 6.07) is 2.15. The zero-order chi connectivity index (χ0) is 14.3. The van der Waals surface area contributed by atoms with Crippen molar-refractivity contribution >= 4 is 34.2 Å². The molecule has 0 aromatic heterocycles. The molecule has 0 heterocycles. The quantitative estimate of drug-likeness (QED) is 0.327. The molecule has 0 N–H and O–H groups in total. The molecule has 0 aliphatic heterocycles. The Labute approximate surface area is 125 Å². The third-order valence-electron chi connectivity index (χ3n) is 2.51. The van der Waals surface area contributed by atoms with E-state index in [1.807, 2.05) is 0 Å². The number of benzene rings is 1. The lowest BCUT2D eigenvalue weighted by Gasteiger charge is -2.07. The fraction of sp³-hybridized carbons (Fsp3) is 0.500. The molecule has 0 saturated heterocycles. The largest absolute Gasteiger partial charge is 0.487 e. The third kappa shape index (κ3) is 5.36. The second-order valence-corrected chi connectivity index (χ2v) is 5.28. The molecule has 0 amide bonds. The van der Waals surface area contributed by atoms with E-state index in [2.05, 4.69) is 28.6 Å². The fourth-order valence-corrected chi connectivity index (χ4v) is 2.08. The van der Waals surface area contributed by atoms with Crippen LogP contribution in [0.2, 0.25) is 0 Å². The number of thiol groups is 1. The highest BCUT2D eigenvalue weighted by molar-refractivity contribution is 9.10. The number of nitro groups is 1. The number of nitrogens with zero attached hydrogens (tertiary/aromatic N) is 1. The first-order valence-corrected chi connectivity index (χ1v) is 7.36. The van der Waals surface area contributed by atoms with Crippen molar-refractivity contribution in [3.8, 4) is 5.75 Å². The molecule has 0 bridgehead atoms. The average Bonchev–Trinajstić information content (AvgIpc) is 2.37. The van der Waals surface area contributed by atoms with Crippen LogP contribution in [0, 0.1) is 15.9 Å². The number of hydrogen-bond acceptors (Lipinski definition) is 4. The molecule has 0 fully saturated rings. The molecule has 0 aliphatic rings. The van der Waals surface area contributed by atoms with Crippen molar-refractivity contribution in [2.24, 2.45) is 0 Å². The molecule has 0 unspecified atom stereocenters. The van der Waals surface area contributed by atoms with Crippen molar-refractivity contribution in [3.63, 3.8) is 0 Å². The lowest BCUT2D eigenvalue weighted by Crippen LogP contribution is -2.01. The van der Waals surface area contributed by atoms with E-state index in [1.165, 1.54) is 0 Å². The fourth-order valence-electron chi connectivity index (χ4n) is 1.53. The lowest BCUT2D eigenvalue weighted by molar-refractivity contribution is -0.386. The van der Waals surface area contributed by atoms with Crippen molar-refractivity contribution in [2.45, 2.75) is 25.7 Å². The van der Waals surface area contributed by atoms with Gasteiger partial charge in [0, 0.05) is 12.1 Å². The first-order chi connectivity index (χ1) is 9.06. The van der Waals surface area contributed by atoms with E-state index in [1.54, 1.807) is 0 Å². The summed E-state index contributed by atoms with van der Waals surface area (Å²) in [6.07, 6.45) is 3.83. The van der Waals surface area contributed by atoms with Gasteiger partial charge in [0.15, 0.2) is 5.75 Å². The third-order valence-corrected chi connectivity index (χ3v) is 3.43. The van der Waals surface area contributed by atoms with E-state index in [4.69, 9.17) is 4.74 Å². The zero-order valence-electron chi connectivity index (χ0n) is 10.3. The molecular weight excluding hydrogens is 337 g/mol. The Hall–Kier alpha value is -0.820. The van der Waals surface area contributed by atoms with Crippen molar-refractivity contribution in [1.82, 2.24) is 0 Å². The Morgan fingerprint density at radius 3 is 2.63 bits per heavy atom. The van der Waals surface area contributed by atoms with Crippen LogP contribution in [0.15, 0.2) is 16.6 Å². The van der Waals surface area contributed by atoms with E-state index in [0.717, 1.165) is 43.6 Å². The number of rotatable bonds is 8. The Morgan fingerprint density at radius 2 is 2.00 bits per heavy atom. The van der Waals surface area contributed by atoms with Gasteiger partial charge in [0.1, 0.15) is 5.82 Å². The number of unbranched alkanes of at least 4 members (excludes halogenated alkanes) is 3. The molecule has 0 saturated carbocycles. The van der Waals surface area contributed by atoms with Crippen molar-refractivity contribution in [1.29, 1.82) is 0 Å². The van der Waals surface area contributed by atoms with Gasteiger partial charge in [-0.25, -0.2) is 4.39 Å². The maximum Gasteiger partial charge on any atom is 0.312 e. The molecule has 0 atom stereocenters. The smallest absolute Gasteiger partial charge is 0.312 e. The van der Waals surface area contributed by atoms with Gasteiger partial charge >= 0.3 is 5.69 Å². The van der Waals surface area contributed by atoms with Crippen LogP contribution in [0.4, 0.5) is 10.1 Å². The van der Waals surface area contributed by atoms with Gasteiger partial charge in [-0.05, 0) is 34.5 Å². The Balaban J connectivity index is 2.57.